The molecular formula is C31H45NO6S. The quantitative estimate of drug-likeness (QED) is 0.302. The van der Waals surface area contributed by atoms with Crippen LogP contribution in [0.5, 0.6) is 0 Å². The van der Waals surface area contributed by atoms with Crippen LogP contribution < -0.4 is 0 Å². The minimum absolute atomic E-state index is 0.0594. The Morgan fingerprint density at radius 1 is 1.21 bits per heavy atom. The molecule has 2 heterocycles. The molecule has 0 amide bonds. The van der Waals surface area contributed by atoms with Gasteiger partial charge in [-0.1, -0.05) is 58.3 Å². The molecule has 7 nitrogen and oxygen atoms in total. The van der Waals surface area contributed by atoms with Crippen molar-refractivity contribution in [2.24, 2.45) is 17.3 Å². The van der Waals surface area contributed by atoms with Gasteiger partial charge < -0.3 is 20.1 Å². The number of ketones is 1. The van der Waals surface area contributed by atoms with Crippen molar-refractivity contribution in [3.05, 3.63) is 40.4 Å². The summed E-state index contributed by atoms with van der Waals surface area (Å²) in [6, 6.07) is 5.72. The van der Waals surface area contributed by atoms with Gasteiger partial charge in [0.2, 0.25) is 0 Å². The van der Waals surface area contributed by atoms with E-state index in [1.165, 1.54) is 16.9 Å². The summed E-state index contributed by atoms with van der Waals surface area (Å²) in [5, 5.41) is 32.4. The number of rotatable bonds is 5. The lowest BCUT2D eigenvalue weighted by atomic mass is 9.71. The van der Waals surface area contributed by atoms with Crippen LogP contribution >= 0.6 is 11.3 Å². The van der Waals surface area contributed by atoms with Crippen LogP contribution in [0.25, 0.3) is 10.2 Å². The number of aliphatic hydroxyl groups is 3. The Balaban J connectivity index is 1.92. The number of thiazole rings is 1. The number of ether oxygens (including phenoxy) is 1. The summed E-state index contributed by atoms with van der Waals surface area (Å²) >= 11 is 1.42. The van der Waals surface area contributed by atoms with E-state index < -0.39 is 35.6 Å². The van der Waals surface area contributed by atoms with Gasteiger partial charge in [0, 0.05) is 12.3 Å². The van der Waals surface area contributed by atoms with E-state index in [9.17, 15) is 24.9 Å². The molecule has 1 aromatic carbocycles. The van der Waals surface area contributed by atoms with Gasteiger partial charge in [-0.2, -0.15) is 0 Å². The van der Waals surface area contributed by atoms with E-state index in [0.717, 1.165) is 47.9 Å². The Morgan fingerprint density at radius 3 is 2.64 bits per heavy atom. The monoisotopic (exact) mass is 559 g/mol. The highest BCUT2D eigenvalue weighted by Crippen LogP contribution is 2.36. The summed E-state index contributed by atoms with van der Waals surface area (Å²) in [5.74, 6) is -1.44. The Bertz CT molecular complexity index is 1160. The lowest BCUT2D eigenvalue weighted by Crippen LogP contribution is -2.46. The number of carbonyl (C=O) groups is 2. The first kappa shape index (κ1) is 31.4. The van der Waals surface area contributed by atoms with E-state index in [1.54, 1.807) is 13.8 Å². The molecule has 5 atom stereocenters. The maximum atomic E-state index is 13.7. The molecule has 0 unspecified atom stereocenters. The Morgan fingerprint density at radius 2 is 1.95 bits per heavy atom. The SMILES string of the molecule is CCCC[C@H]1C(=O)C(C)(C)[C@@H](O)CC(=O)O[C@H](c2ccc3sc(CO)nc3c2)C/C=C(/C)CCC[C@H](C)[C@@H]1O. The number of carbonyl (C=O) groups excluding carboxylic acids is 2. The average Bonchev–Trinajstić information content (AvgIpc) is 3.32. The zero-order valence-electron chi connectivity index (χ0n) is 24.0. The average molecular weight is 560 g/mol. The van der Waals surface area contributed by atoms with Crippen molar-refractivity contribution in [3.8, 4) is 0 Å². The first-order chi connectivity index (χ1) is 18.5. The molecule has 3 rings (SSSR count). The largest absolute Gasteiger partial charge is 0.457 e. The maximum Gasteiger partial charge on any atom is 0.309 e. The third-order valence-electron chi connectivity index (χ3n) is 8.18. The Hall–Kier alpha value is -2.13. The number of allylic oxidation sites excluding steroid dienone is 1. The predicted molar refractivity (Wildman–Crippen MR) is 154 cm³/mol. The molecule has 0 aliphatic carbocycles. The minimum atomic E-state index is -1.25. The van der Waals surface area contributed by atoms with Crippen LogP contribution in [-0.4, -0.2) is 44.3 Å². The summed E-state index contributed by atoms with van der Waals surface area (Å²) in [7, 11) is 0. The maximum absolute atomic E-state index is 13.7. The molecule has 1 aromatic heterocycles. The van der Waals surface area contributed by atoms with Crippen molar-refractivity contribution in [1.82, 2.24) is 4.98 Å². The smallest absolute Gasteiger partial charge is 0.309 e. The molecule has 0 radical (unpaired) electrons. The molecular weight excluding hydrogens is 514 g/mol. The zero-order valence-corrected chi connectivity index (χ0v) is 24.8. The Kier molecular flexibility index (Phi) is 11.2. The number of Topliss-reactive ketones (excluding diaryl/α,β-unsaturated/α-hetero) is 1. The first-order valence-electron chi connectivity index (χ1n) is 14.2. The number of esters is 1. The lowest BCUT2D eigenvalue weighted by Gasteiger charge is -2.36. The highest BCUT2D eigenvalue weighted by Gasteiger charge is 2.43. The molecule has 0 saturated carbocycles. The number of hydrogen-bond donors (Lipinski definition) is 3. The molecule has 0 saturated heterocycles. The number of aliphatic hydroxyl groups excluding tert-OH is 3. The van der Waals surface area contributed by atoms with Crippen LogP contribution in [0.2, 0.25) is 0 Å². The summed E-state index contributed by atoms with van der Waals surface area (Å²) in [5.41, 5.74) is 1.48. The third kappa shape index (κ3) is 7.97. The number of benzene rings is 1. The highest BCUT2D eigenvalue weighted by atomic mass is 32.1. The molecule has 8 heteroatoms. The van der Waals surface area contributed by atoms with Gasteiger partial charge in [0.05, 0.1) is 40.9 Å². The van der Waals surface area contributed by atoms with Crippen molar-refractivity contribution < 1.29 is 29.6 Å². The van der Waals surface area contributed by atoms with Gasteiger partial charge in [0.1, 0.15) is 16.9 Å². The molecule has 216 valence electrons. The minimum Gasteiger partial charge on any atom is -0.457 e. The first-order valence-corrected chi connectivity index (χ1v) is 15.0. The van der Waals surface area contributed by atoms with Crippen molar-refractivity contribution in [1.29, 1.82) is 0 Å². The van der Waals surface area contributed by atoms with Crippen LogP contribution in [-0.2, 0) is 20.9 Å². The number of aromatic nitrogens is 1. The van der Waals surface area contributed by atoms with Gasteiger partial charge in [-0.25, -0.2) is 4.98 Å². The molecule has 2 aromatic rings. The van der Waals surface area contributed by atoms with Crippen LogP contribution in [0.4, 0.5) is 0 Å². The third-order valence-corrected chi connectivity index (χ3v) is 9.20. The standard InChI is InChI=1S/C31H45NO6S/c1-6-7-11-22-29(36)20(3)10-8-9-19(2)12-14-24(38-28(35)17-26(34)31(4,5)30(22)37)21-13-15-25-23(16-21)32-27(18-33)39-25/h12-13,15-16,20,22,24,26,29,33-34,36H,6-11,14,17-18H2,1-5H3/b19-12-/t20-,22+,24-,26-,29-/m0/s1. The van der Waals surface area contributed by atoms with E-state index in [4.69, 9.17) is 4.74 Å². The van der Waals surface area contributed by atoms with E-state index in [1.807, 2.05) is 25.1 Å². The van der Waals surface area contributed by atoms with Gasteiger partial charge in [-0.05, 0) is 56.2 Å². The van der Waals surface area contributed by atoms with Gasteiger partial charge >= 0.3 is 5.97 Å². The number of cyclic esters (lactones) is 1. The number of nitrogens with zero attached hydrogens (tertiary/aromatic N) is 1. The van der Waals surface area contributed by atoms with Crippen molar-refractivity contribution in [2.45, 2.75) is 111 Å². The zero-order chi connectivity index (χ0) is 28.7. The molecule has 0 bridgehead atoms. The van der Waals surface area contributed by atoms with E-state index in [-0.39, 0.29) is 24.7 Å². The summed E-state index contributed by atoms with van der Waals surface area (Å²) in [4.78, 5) is 31.3. The van der Waals surface area contributed by atoms with E-state index in [0.29, 0.717) is 17.8 Å². The van der Waals surface area contributed by atoms with Gasteiger partial charge in [-0.15, -0.1) is 11.3 Å². The van der Waals surface area contributed by atoms with E-state index >= 15 is 0 Å². The molecule has 3 N–H and O–H groups in total. The molecule has 39 heavy (non-hydrogen) atoms. The second-order valence-corrected chi connectivity index (χ2v) is 12.8. The van der Waals surface area contributed by atoms with Crippen molar-refractivity contribution in [2.75, 3.05) is 0 Å². The van der Waals surface area contributed by atoms with Crippen LogP contribution in [0.15, 0.2) is 29.8 Å². The van der Waals surface area contributed by atoms with Gasteiger partial charge in [0.25, 0.3) is 0 Å². The van der Waals surface area contributed by atoms with E-state index in [2.05, 4.69) is 24.9 Å². The fourth-order valence-corrected chi connectivity index (χ4v) is 6.14. The fraction of sp³-hybridized carbons (Fsp3) is 0.645. The predicted octanol–water partition coefficient (Wildman–Crippen LogP) is 6.04. The molecule has 0 fully saturated rings. The molecule has 1 aliphatic rings. The second-order valence-electron chi connectivity index (χ2n) is 11.7. The van der Waals surface area contributed by atoms with Crippen LogP contribution in [0, 0.1) is 17.3 Å². The normalized spacial score (nSPS) is 29.1. The summed E-state index contributed by atoms with van der Waals surface area (Å²) in [6.07, 6.45) is 4.39. The second kappa shape index (κ2) is 14.0. The number of unbranched alkanes of at least 4 members (excludes halogenated alkanes) is 1. The lowest BCUT2D eigenvalue weighted by molar-refractivity contribution is -0.156. The van der Waals surface area contributed by atoms with Crippen LogP contribution in [0.1, 0.15) is 103 Å². The van der Waals surface area contributed by atoms with Crippen molar-refractivity contribution >= 4 is 33.3 Å². The summed E-state index contributed by atoms with van der Waals surface area (Å²) in [6.45, 7) is 9.29. The number of fused-ring (bicyclic) bond motifs is 1. The highest BCUT2D eigenvalue weighted by molar-refractivity contribution is 7.18. The number of hydrogen-bond acceptors (Lipinski definition) is 8. The molecule has 1 aliphatic heterocycles. The fourth-order valence-electron chi connectivity index (χ4n) is 5.34. The van der Waals surface area contributed by atoms with Crippen LogP contribution in [0.3, 0.4) is 0 Å². The summed E-state index contributed by atoms with van der Waals surface area (Å²) < 4.78 is 6.86. The van der Waals surface area contributed by atoms with Gasteiger partial charge in [-0.3, -0.25) is 9.59 Å². The topological polar surface area (TPSA) is 117 Å². The van der Waals surface area contributed by atoms with Gasteiger partial charge in [0.15, 0.2) is 0 Å². The van der Waals surface area contributed by atoms with Crippen molar-refractivity contribution in [3.63, 3.8) is 0 Å². The Labute approximate surface area is 236 Å². The molecule has 0 spiro atoms.